The fourth-order valence-corrected chi connectivity index (χ4v) is 5.31. The molecule has 0 saturated carbocycles. The van der Waals surface area contributed by atoms with Gasteiger partial charge in [0.2, 0.25) is 5.91 Å². The lowest BCUT2D eigenvalue weighted by atomic mass is 10.0. The van der Waals surface area contributed by atoms with Crippen molar-refractivity contribution in [3.8, 4) is 5.69 Å². The highest BCUT2D eigenvalue weighted by atomic mass is 19.4. The van der Waals surface area contributed by atoms with Crippen LogP contribution in [0.25, 0.3) is 5.69 Å². The lowest BCUT2D eigenvalue weighted by molar-refractivity contribution is -0.141. The highest BCUT2D eigenvalue weighted by Gasteiger charge is 2.43. The van der Waals surface area contributed by atoms with E-state index in [0.29, 0.717) is 43.9 Å². The Labute approximate surface area is 234 Å². The second-order valence-corrected chi connectivity index (χ2v) is 10.3. The summed E-state index contributed by atoms with van der Waals surface area (Å²) in [5, 5.41) is 24.2. The number of aromatic nitrogens is 2. The molecule has 0 spiro atoms. The van der Waals surface area contributed by atoms with Gasteiger partial charge >= 0.3 is 6.18 Å². The predicted octanol–water partition coefficient (Wildman–Crippen LogP) is 2.40. The zero-order valence-corrected chi connectivity index (χ0v) is 22.4. The summed E-state index contributed by atoms with van der Waals surface area (Å²) in [6, 6.07) is 12.5. The highest BCUT2D eigenvalue weighted by molar-refractivity contribution is 6.07. The molecule has 4 N–H and O–H groups in total. The van der Waals surface area contributed by atoms with E-state index in [1.807, 2.05) is 0 Å². The third-order valence-corrected chi connectivity index (χ3v) is 7.65. The molecule has 2 aromatic carbocycles. The number of aliphatic hydroxyl groups is 2. The van der Waals surface area contributed by atoms with Gasteiger partial charge in [0.05, 0.1) is 11.8 Å². The molecule has 2 aliphatic rings. The van der Waals surface area contributed by atoms with Gasteiger partial charge in [0.1, 0.15) is 11.9 Å². The van der Waals surface area contributed by atoms with Crippen LogP contribution in [-0.4, -0.2) is 82.3 Å². The van der Waals surface area contributed by atoms with Crippen molar-refractivity contribution in [3.05, 3.63) is 71.0 Å². The molecule has 1 aromatic heterocycles. The van der Waals surface area contributed by atoms with Crippen LogP contribution in [-0.2, 0) is 12.6 Å². The minimum Gasteiger partial charge on any atom is -0.393 e. The van der Waals surface area contributed by atoms with Crippen molar-refractivity contribution in [3.63, 3.8) is 0 Å². The van der Waals surface area contributed by atoms with Crippen LogP contribution in [0, 0.1) is 0 Å². The Bertz CT molecular complexity index is 1430. The first kappa shape index (κ1) is 28.6. The fourth-order valence-electron chi connectivity index (χ4n) is 5.31. The number of benzene rings is 2. The monoisotopic (exact) mass is 572 g/mol. The van der Waals surface area contributed by atoms with Crippen LogP contribution in [0.2, 0.25) is 0 Å². The number of hydrogen-bond acceptors (Lipinski definition) is 7. The molecule has 5 rings (SSSR count). The summed E-state index contributed by atoms with van der Waals surface area (Å²) in [7, 11) is 1.74. The van der Waals surface area contributed by atoms with Crippen molar-refractivity contribution in [2.24, 2.45) is 5.73 Å². The number of halogens is 3. The van der Waals surface area contributed by atoms with Gasteiger partial charge in [-0.3, -0.25) is 14.5 Å². The maximum atomic E-state index is 13.9. The van der Waals surface area contributed by atoms with E-state index in [0.717, 1.165) is 4.68 Å². The summed E-state index contributed by atoms with van der Waals surface area (Å²) < 4.78 is 42.6. The van der Waals surface area contributed by atoms with E-state index in [4.69, 9.17) is 5.73 Å². The van der Waals surface area contributed by atoms with Gasteiger partial charge in [-0.25, -0.2) is 4.68 Å². The zero-order valence-electron chi connectivity index (χ0n) is 22.4. The third-order valence-electron chi connectivity index (χ3n) is 7.65. The van der Waals surface area contributed by atoms with Crippen molar-refractivity contribution in [1.82, 2.24) is 14.7 Å². The Morgan fingerprint density at radius 3 is 2.44 bits per heavy atom. The number of primary amides is 1. The van der Waals surface area contributed by atoms with E-state index in [1.54, 1.807) is 36.2 Å². The number of carbonyl (C=O) groups is 2. The third kappa shape index (κ3) is 5.78. The molecule has 1 atom stereocenters. The summed E-state index contributed by atoms with van der Waals surface area (Å²) in [4.78, 5) is 30.5. The van der Waals surface area contributed by atoms with Crippen molar-refractivity contribution >= 4 is 23.2 Å². The molecule has 0 aliphatic carbocycles. The summed E-state index contributed by atoms with van der Waals surface area (Å²) in [6.45, 7) is 1.81. The number of carbonyl (C=O) groups excluding carboxylic acids is 2. The van der Waals surface area contributed by atoms with Gasteiger partial charge < -0.3 is 25.7 Å². The summed E-state index contributed by atoms with van der Waals surface area (Å²) >= 11 is 0. The smallest absolute Gasteiger partial charge is 0.393 e. The minimum absolute atomic E-state index is 0.0144. The Morgan fingerprint density at radius 2 is 1.80 bits per heavy atom. The van der Waals surface area contributed by atoms with Gasteiger partial charge in [0.25, 0.3) is 5.91 Å². The van der Waals surface area contributed by atoms with Crippen LogP contribution < -0.4 is 15.5 Å². The van der Waals surface area contributed by atoms with Crippen LogP contribution in [0.3, 0.4) is 0 Å². The molecule has 1 saturated heterocycles. The van der Waals surface area contributed by atoms with Crippen LogP contribution in [0.5, 0.6) is 0 Å². The van der Waals surface area contributed by atoms with E-state index in [2.05, 4.69) is 10.00 Å². The first-order valence-corrected chi connectivity index (χ1v) is 13.3. The number of rotatable bonds is 7. The summed E-state index contributed by atoms with van der Waals surface area (Å²) in [5.74, 6) is -1.42. The predicted molar refractivity (Wildman–Crippen MR) is 145 cm³/mol. The van der Waals surface area contributed by atoms with E-state index < -0.39 is 29.9 Å². The molecule has 2 aliphatic heterocycles. The topological polar surface area (TPSA) is 128 Å². The number of β-amino-alcohol motifs (C(OH)–C–C–N with tert-alkyl or cyclic N) is 1. The molecular weight excluding hydrogens is 541 g/mol. The molecule has 2 amide bonds. The second-order valence-electron chi connectivity index (χ2n) is 10.3. The number of nitrogens with two attached hydrogens (primary N) is 1. The lowest BCUT2D eigenvalue weighted by Gasteiger charge is -2.34. The van der Waals surface area contributed by atoms with Gasteiger partial charge in [0.15, 0.2) is 5.69 Å². The van der Waals surface area contributed by atoms with Crippen LogP contribution in [0.4, 0.5) is 24.5 Å². The molecule has 1 fully saturated rings. The summed E-state index contributed by atoms with van der Waals surface area (Å²) in [5.41, 5.74) is 5.12. The van der Waals surface area contributed by atoms with Gasteiger partial charge in [-0.15, -0.1) is 0 Å². The molecule has 0 bridgehead atoms. The Kier molecular flexibility index (Phi) is 7.77. The number of likely N-dealkylation sites (tertiary alicyclic amines) is 1. The van der Waals surface area contributed by atoms with Crippen molar-refractivity contribution in [2.45, 2.75) is 37.8 Å². The lowest BCUT2D eigenvalue weighted by Crippen LogP contribution is -2.45. The molecule has 13 heteroatoms. The quantitative estimate of drug-likeness (QED) is 0.371. The number of amides is 2. The Morgan fingerprint density at radius 1 is 1.12 bits per heavy atom. The first-order chi connectivity index (χ1) is 19.4. The number of alkyl halides is 3. The number of fused-ring (bicyclic) bond motifs is 1. The number of likely N-dealkylation sites (N-methyl/N-ethyl adjacent to an activating group) is 1. The minimum atomic E-state index is -4.78. The normalized spacial score (nSPS) is 17.4. The van der Waals surface area contributed by atoms with Crippen molar-refractivity contribution in [2.75, 3.05) is 43.0 Å². The molecule has 218 valence electrons. The maximum Gasteiger partial charge on any atom is 0.435 e. The van der Waals surface area contributed by atoms with Crippen LogP contribution >= 0.6 is 0 Å². The average molecular weight is 573 g/mol. The molecule has 0 radical (unpaired) electrons. The molecule has 3 aromatic rings. The van der Waals surface area contributed by atoms with Crippen LogP contribution in [0.15, 0.2) is 48.5 Å². The number of nitrogens with zero attached hydrogens (tertiary/aromatic N) is 5. The maximum absolute atomic E-state index is 13.9. The molecule has 10 nitrogen and oxygen atoms in total. The molecule has 1 unspecified atom stereocenters. The number of hydrogen-bond donors (Lipinski definition) is 3. The number of piperidine rings is 1. The standard InChI is InChI=1S/C28H31F3N6O4/c1-34(23(39)16-35-12-9-21(38)10-13-35)18-5-7-19(8-6-18)36-14-11-22-24(27(36)41)37(33-25(22)28(29,30)31)20-4-2-3-17(15-20)26(32)40/h2-8,15,21,23,38-39H,9-14,16H2,1H3,(H2,32,40). The van der Waals surface area contributed by atoms with Gasteiger partial charge in [-0.05, 0) is 61.7 Å². The first-order valence-electron chi connectivity index (χ1n) is 13.3. The Balaban J connectivity index is 1.40. The van der Waals surface area contributed by atoms with E-state index in [9.17, 15) is 33.0 Å². The zero-order chi connectivity index (χ0) is 29.5. The summed E-state index contributed by atoms with van der Waals surface area (Å²) in [6.07, 6.45) is -4.63. The largest absolute Gasteiger partial charge is 0.435 e. The number of anilines is 2. The van der Waals surface area contributed by atoms with Crippen molar-refractivity contribution < 1.29 is 33.0 Å². The van der Waals surface area contributed by atoms with E-state index in [1.165, 1.54) is 29.2 Å². The van der Waals surface area contributed by atoms with Gasteiger partial charge in [-0.2, -0.15) is 18.3 Å². The van der Waals surface area contributed by atoms with Gasteiger partial charge in [-0.1, -0.05) is 6.07 Å². The number of aliphatic hydroxyl groups excluding tert-OH is 2. The fraction of sp³-hybridized carbons (Fsp3) is 0.393. The molecule has 3 heterocycles. The highest BCUT2D eigenvalue weighted by Crippen LogP contribution is 2.37. The van der Waals surface area contributed by atoms with Gasteiger partial charge in [0, 0.05) is 55.7 Å². The van der Waals surface area contributed by atoms with Crippen LogP contribution in [0.1, 0.15) is 44.9 Å². The average Bonchev–Trinajstić information content (AvgIpc) is 3.36. The van der Waals surface area contributed by atoms with E-state index >= 15 is 0 Å². The molecular formula is C28H31F3N6O4. The Hall–Kier alpha value is -3.94. The SMILES string of the molecule is CN(c1ccc(N2CCc3c(C(F)(F)F)nn(-c4cccc(C(N)=O)c4)c3C2=O)cc1)C(O)CN1CCC(O)CC1. The second kappa shape index (κ2) is 11.1. The van der Waals surface area contributed by atoms with Crippen molar-refractivity contribution in [1.29, 1.82) is 0 Å². The molecule has 41 heavy (non-hydrogen) atoms. The van der Waals surface area contributed by atoms with E-state index in [-0.39, 0.29) is 41.6 Å².